The predicted molar refractivity (Wildman–Crippen MR) is 91.7 cm³/mol. The number of aryl methyl sites for hydroxylation is 2. The minimum Gasteiger partial charge on any atom is -0.312 e. The van der Waals surface area contributed by atoms with Gasteiger partial charge in [-0.1, -0.05) is 0 Å². The molecular formula is C17H23N3O3S. The van der Waals surface area contributed by atoms with Crippen molar-refractivity contribution in [1.82, 2.24) is 9.21 Å². The summed E-state index contributed by atoms with van der Waals surface area (Å²) in [5.74, 6) is 0.165. The SMILES string of the molecule is CN1CCN(S(=O)(=O)c2cc3c4c(c2)CCC(=O)N4CCC3)CC1. The van der Waals surface area contributed by atoms with E-state index in [0.29, 0.717) is 30.8 Å². The highest BCUT2D eigenvalue weighted by Gasteiger charge is 2.33. The summed E-state index contributed by atoms with van der Waals surface area (Å²) < 4.78 is 27.7. The van der Waals surface area contributed by atoms with Crippen molar-refractivity contribution in [2.24, 2.45) is 0 Å². The lowest BCUT2D eigenvalue weighted by atomic mass is 9.92. The van der Waals surface area contributed by atoms with Gasteiger partial charge in [0.15, 0.2) is 0 Å². The first-order valence-electron chi connectivity index (χ1n) is 8.62. The molecule has 1 aromatic rings. The number of hydrogen-bond acceptors (Lipinski definition) is 4. The average Bonchev–Trinajstić information content (AvgIpc) is 2.58. The van der Waals surface area contributed by atoms with E-state index in [4.69, 9.17) is 0 Å². The second-order valence-corrected chi connectivity index (χ2v) is 8.88. The number of likely N-dealkylation sites (N-methyl/N-ethyl adjacent to an activating group) is 1. The number of amides is 1. The second kappa shape index (κ2) is 5.82. The third-order valence-corrected chi connectivity index (χ3v) is 7.22. The maximum absolute atomic E-state index is 13.0. The number of sulfonamides is 1. The third-order valence-electron chi connectivity index (χ3n) is 5.35. The fourth-order valence-corrected chi connectivity index (χ4v) is 5.47. The van der Waals surface area contributed by atoms with Gasteiger partial charge in [-0.3, -0.25) is 4.79 Å². The third kappa shape index (κ3) is 2.55. The number of anilines is 1. The Morgan fingerprint density at radius 1 is 0.917 bits per heavy atom. The molecule has 1 fully saturated rings. The second-order valence-electron chi connectivity index (χ2n) is 6.95. The van der Waals surface area contributed by atoms with E-state index in [1.165, 1.54) is 0 Å². The Labute approximate surface area is 143 Å². The Balaban J connectivity index is 1.74. The van der Waals surface area contributed by atoms with E-state index in [0.717, 1.165) is 49.3 Å². The van der Waals surface area contributed by atoms with Crippen molar-refractivity contribution in [3.8, 4) is 0 Å². The van der Waals surface area contributed by atoms with Crippen LogP contribution in [0.1, 0.15) is 24.0 Å². The van der Waals surface area contributed by atoms with E-state index in [1.807, 2.05) is 11.9 Å². The summed E-state index contributed by atoms with van der Waals surface area (Å²) >= 11 is 0. The summed E-state index contributed by atoms with van der Waals surface area (Å²) in [6, 6.07) is 3.61. The molecule has 0 atom stereocenters. The summed E-state index contributed by atoms with van der Waals surface area (Å²) in [6.45, 7) is 3.35. The Morgan fingerprint density at radius 2 is 1.58 bits per heavy atom. The van der Waals surface area contributed by atoms with Crippen LogP contribution in [0.15, 0.2) is 17.0 Å². The van der Waals surface area contributed by atoms with Crippen LogP contribution in [-0.4, -0.2) is 63.3 Å². The van der Waals surface area contributed by atoms with Crippen LogP contribution in [0.5, 0.6) is 0 Å². The number of benzene rings is 1. The Kier molecular flexibility index (Phi) is 3.89. The zero-order valence-corrected chi connectivity index (χ0v) is 14.8. The van der Waals surface area contributed by atoms with E-state index < -0.39 is 10.0 Å². The quantitative estimate of drug-likeness (QED) is 0.794. The van der Waals surface area contributed by atoms with Crippen molar-refractivity contribution in [3.63, 3.8) is 0 Å². The molecule has 0 spiro atoms. The molecule has 0 radical (unpaired) electrons. The van der Waals surface area contributed by atoms with E-state index in [9.17, 15) is 13.2 Å². The first kappa shape index (κ1) is 16.1. The first-order chi connectivity index (χ1) is 11.5. The van der Waals surface area contributed by atoms with E-state index in [1.54, 1.807) is 16.4 Å². The van der Waals surface area contributed by atoms with Crippen molar-refractivity contribution in [3.05, 3.63) is 23.3 Å². The van der Waals surface area contributed by atoms with Gasteiger partial charge in [0.2, 0.25) is 15.9 Å². The summed E-state index contributed by atoms with van der Waals surface area (Å²) in [5.41, 5.74) is 3.01. The molecule has 3 aliphatic rings. The zero-order chi connectivity index (χ0) is 16.9. The van der Waals surface area contributed by atoms with Crippen molar-refractivity contribution in [2.45, 2.75) is 30.6 Å². The number of hydrogen-bond donors (Lipinski definition) is 0. The number of nitrogens with zero attached hydrogens (tertiary/aromatic N) is 3. The molecule has 0 aliphatic carbocycles. The predicted octanol–water partition coefficient (Wildman–Crippen LogP) is 0.848. The van der Waals surface area contributed by atoms with Gasteiger partial charge in [0, 0.05) is 39.1 Å². The highest BCUT2D eigenvalue weighted by Crippen LogP contribution is 2.38. The fraction of sp³-hybridized carbons (Fsp3) is 0.588. The van der Waals surface area contributed by atoms with Gasteiger partial charge in [-0.05, 0) is 49.6 Å². The monoisotopic (exact) mass is 349 g/mol. The lowest BCUT2D eigenvalue weighted by molar-refractivity contribution is -0.119. The smallest absolute Gasteiger partial charge is 0.243 e. The van der Waals surface area contributed by atoms with Crippen molar-refractivity contribution < 1.29 is 13.2 Å². The Bertz CT molecular complexity index is 765. The van der Waals surface area contributed by atoms with Gasteiger partial charge in [-0.25, -0.2) is 8.42 Å². The van der Waals surface area contributed by atoms with Crippen LogP contribution < -0.4 is 4.90 Å². The van der Waals surface area contributed by atoms with Crippen molar-refractivity contribution in [1.29, 1.82) is 0 Å². The highest BCUT2D eigenvalue weighted by atomic mass is 32.2. The lowest BCUT2D eigenvalue weighted by Gasteiger charge is -2.36. The first-order valence-corrected chi connectivity index (χ1v) is 10.1. The molecular weight excluding hydrogens is 326 g/mol. The van der Waals surface area contributed by atoms with Crippen LogP contribution in [0.2, 0.25) is 0 Å². The van der Waals surface area contributed by atoms with Crippen molar-refractivity contribution in [2.75, 3.05) is 44.7 Å². The number of piperazine rings is 1. The van der Waals surface area contributed by atoms with E-state index >= 15 is 0 Å². The molecule has 0 N–H and O–H groups in total. The molecule has 1 aromatic carbocycles. The molecule has 6 nitrogen and oxygen atoms in total. The number of carbonyl (C=O) groups excluding carboxylic acids is 1. The molecule has 1 saturated heterocycles. The average molecular weight is 349 g/mol. The van der Waals surface area contributed by atoms with Crippen LogP contribution in [-0.2, 0) is 27.7 Å². The molecule has 24 heavy (non-hydrogen) atoms. The maximum atomic E-state index is 13.0. The molecule has 1 amide bonds. The lowest BCUT2D eigenvalue weighted by Crippen LogP contribution is -2.47. The van der Waals surface area contributed by atoms with E-state index in [2.05, 4.69) is 4.90 Å². The van der Waals surface area contributed by atoms with Gasteiger partial charge >= 0.3 is 0 Å². The van der Waals surface area contributed by atoms with Gasteiger partial charge < -0.3 is 9.80 Å². The molecule has 0 unspecified atom stereocenters. The van der Waals surface area contributed by atoms with Crippen LogP contribution in [0.25, 0.3) is 0 Å². The molecule has 0 saturated carbocycles. The summed E-state index contributed by atoms with van der Waals surface area (Å²) in [6.07, 6.45) is 2.86. The van der Waals surface area contributed by atoms with Gasteiger partial charge in [0.1, 0.15) is 0 Å². The Morgan fingerprint density at radius 3 is 2.29 bits per heavy atom. The van der Waals surface area contributed by atoms with Gasteiger partial charge in [0.05, 0.1) is 10.6 Å². The van der Waals surface area contributed by atoms with Crippen LogP contribution in [0.4, 0.5) is 5.69 Å². The van der Waals surface area contributed by atoms with Crippen LogP contribution in [0, 0.1) is 0 Å². The summed E-state index contributed by atoms with van der Waals surface area (Å²) in [5, 5.41) is 0. The summed E-state index contributed by atoms with van der Waals surface area (Å²) in [7, 11) is -1.44. The summed E-state index contributed by atoms with van der Waals surface area (Å²) in [4.78, 5) is 16.5. The maximum Gasteiger partial charge on any atom is 0.243 e. The standard InChI is InChI=1S/C17H23N3O3S/c1-18-7-9-19(10-8-18)24(22,23)15-11-13-3-2-6-20-16(21)5-4-14(12-15)17(13)20/h11-12H,2-10H2,1H3. The van der Waals surface area contributed by atoms with E-state index in [-0.39, 0.29) is 5.91 Å². The molecule has 4 rings (SSSR count). The highest BCUT2D eigenvalue weighted by molar-refractivity contribution is 7.89. The minimum atomic E-state index is -3.46. The minimum absolute atomic E-state index is 0.165. The van der Waals surface area contributed by atoms with Crippen LogP contribution in [0.3, 0.4) is 0 Å². The molecule has 0 bridgehead atoms. The normalized spacial score (nSPS) is 22.5. The van der Waals surface area contributed by atoms with Gasteiger partial charge in [-0.15, -0.1) is 0 Å². The Hall–Kier alpha value is -1.44. The molecule has 130 valence electrons. The molecule has 7 heteroatoms. The van der Waals surface area contributed by atoms with Gasteiger partial charge in [-0.2, -0.15) is 4.31 Å². The molecule has 3 heterocycles. The topological polar surface area (TPSA) is 60.9 Å². The zero-order valence-electron chi connectivity index (χ0n) is 14.0. The number of rotatable bonds is 2. The fourth-order valence-electron chi connectivity index (χ4n) is 3.95. The van der Waals surface area contributed by atoms with Crippen LogP contribution >= 0.6 is 0 Å². The largest absolute Gasteiger partial charge is 0.312 e. The number of carbonyl (C=O) groups is 1. The molecule has 3 aliphatic heterocycles. The van der Waals surface area contributed by atoms with Gasteiger partial charge in [0.25, 0.3) is 0 Å². The van der Waals surface area contributed by atoms with Crippen molar-refractivity contribution >= 4 is 21.6 Å². The molecule has 0 aromatic heterocycles.